The Labute approximate surface area is 174 Å². The molecule has 0 unspecified atom stereocenters. The molecule has 1 aliphatic heterocycles. The van der Waals surface area contributed by atoms with E-state index in [0.29, 0.717) is 15.0 Å². The van der Waals surface area contributed by atoms with E-state index in [1.54, 1.807) is 19.3 Å². The second-order valence-corrected chi connectivity index (χ2v) is 13.4. The van der Waals surface area contributed by atoms with Crippen molar-refractivity contribution in [3.8, 4) is 0 Å². The van der Waals surface area contributed by atoms with Gasteiger partial charge in [0.15, 0.2) is 0 Å². The Morgan fingerprint density at radius 2 is 0.929 bits per heavy atom. The topological polar surface area (TPSA) is 0 Å². The van der Waals surface area contributed by atoms with E-state index in [4.69, 9.17) is 0 Å². The molecule has 0 saturated heterocycles. The fourth-order valence-corrected chi connectivity index (χ4v) is 14.2. The molecule has 0 radical (unpaired) electrons. The molecule has 0 spiro atoms. The van der Waals surface area contributed by atoms with Gasteiger partial charge in [-0.15, -0.1) is 0 Å². The van der Waals surface area contributed by atoms with Crippen LogP contribution in [0.1, 0.15) is 11.1 Å². The van der Waals surface area contributed by atoms with Gasteiger partial charge in [0.25, 0.3) is 0 Å². The van der Waals surface area contributed by atoms with E-state index in [2.05, 4.69) is 111 Å². The van der Waals surface area contributed by atoms with Gasteiger partial charge in [0.05, 0.1) is 0 Å². The average molecular weight is 442 g/mol. The summed E-state index contributed by atoms with van der Waals surface area (Å²) < 4.78 is 3.19. The van der Waals surface area contributed by atoms with Crippen molar-refractivity contribution in [3.63, 3.8) is 0 Å². The number of rotatable bonds is 2. The molecular weight excluding hydrogens is 419 g/mol. The van der Waals surface area contributed by atoms with Crippen molar-refractivity contribution in [1.82, 2.24) is 0 Å². The Kier molecular flexibility index (Phi) is 4.36. The van der Waals surface area contributed by atoms with E-state index in [0.717, 1.165) is 0 Å². The first-order valence-corrected chi connectivity index (χ1v) is 13.4. The zero-order valence-electron chi connectivity index (χ0n) is 16.1. The molecule has 1 heterocycles. The Bertz CT molecular complexity index is 1060. The fourth-order valence-electron chi connectivity index (χ4n) is 4.58. The fraction of sp³-hybridized carbons (Fsp3) is 0.0769. The monoisotopic (exact) mass is 442 g/mol. The summed E-state index contributed by atoms with van der Waals surface area (Å²) in [5, 5.41) is 6.14. The summed E-state index contributed by atoms with van der Waals surface area (Å²) in [6.07, 6.45) is 0. The molecule has 2 heteroatoms. The van der Waals surface area contributed by atoms with Gasteiger partial charge in [0.1, 0.15) is 0 Å². The van der Waals surface area contributed by atoms with Gasteiger partial charge in [-0.05, 0) is 0 Å². The number of hydrogen-bond acceptors (Lipinski definition) is 0. The van der Waals surface area contributed by atoms with Crippen LogP contribution in [-0.2, 0) is 0 Å². The first kappa shape index (κ1) is 17.7. The van der Waals surface area contributed by atoms with Crippen molar-refractivity contribution in [2.24, 2.45) is 0 Å². The summed E-state index contributed by atoms with van der Waals surface area (Å²) in [6, 6.07) is 36.5. The van der Waals surface area contributed by atoms with Crippen molar-refractivity contribution in [2.75, 3.05) is 0 Å². The molecule has 0 amide bonds. The molecule has 136 valence electrons. The van der Waals surface area contributed by atoms with Crippen LogP contribution in [0.25, 0.3) is 0 Å². The van der Waals surface area contributed by atoms with Crippen molar-refractivity contribution in [1.29, 1.82) is 0 Å². The molecule has 0 saturated carbocycles. The van der Waals surface area contributed by atoms with Gasteiger partial charge < -0.3 is 0 Å². The molecule has 0 bridgehead atoms. The standard InChI is InChI=1S/C26H22SeSi/c1-19-11-9-17-23-25(19)27-26-20(2)12-10-18-24(26)28(23,21-13-5-3-6-14-21)22-15-7-4-8-16-22/h3-18H,1-2H3. The predicted octanol–water partition coefficient (Wildman–Crippen LogP) is 1.65. The van der Waals surface area contributed by atoms with E-state index in [-0.39, 0.29) is 0 Å². The van der Waals surface area contributed by atoms with E-state index in [1.165, 1.54) is 21.5 Å². The second kappa shape index (κ2) is 6.90. The van der Waals surface area contributed by atoms with Crippen LogP contribution in [0.4, 0.5) is 0 Å². The second-order valence-electron chi connectivity index (χ2n) is 7.49. The van der Waals surface area contributed by atoms with Crippen molar-refractivity contribution in [2.45, 2.75) is 13.8 Å². The number of hydrogen-bond donors (Lipinski definition) is 0. The van der Waals surface area contributed by atoms with Gasteiger partial charge >= 0.3 is 175 Å². The van der Waals surface area contributed by atoms with E-state index >= 15 is 0 Å². The quantitative estimate of drug-likeness (QED) is 0.366. The zero-order chi connectivity index (χ0) is 19.1. The third kappa shape index (κ3) is 2.49. The third-order valence-electron chi connectivity index (χ3n) is 5.85. The molecule has 4 aromatic rings. The van der Waals surface area contributed by atoms with Crippen LogP contribution in [0.15, 0.2) is 97.1 Å². The van der Waals surface area contributed by atoms with Crippen molar-refractivity contribution in [3.05, 3.63) is 108 Å². The molecule has 0 nitrogen and oxygen atoms in total. The molecule has 0 aliphatic carbocycles. The Morgan fingerprint density at radius 1 is 0.500 bits per heavy atom. The van der Waals surface area contributed by atoms with Crippen LogP contribution >= 0.6 is 0 Å². The molecule has 4 aromatic carbocycles. The van der Waals surface area contributed by atoms with Gasteiger partial charge in [-0.1, -0.05) is 0 Å². The maximum atomic E-state index is 2.42. The Balaban J connectivity index is 2.00. The van der Waals surface area contributed by atoms with Gasteiger partial charge in [-0.3, -0.25) is 0 Å². The van der Waals surface area contributed by atoms with Crippen molar-refractivity contribution < 1.29 is 0 Å². The zero-order valence-corrected chi connectivity index (χ0v) is 18.9. The molecule has 28 heavy (non-hydrogen) atoms. The van der Waals surface area contributed by atoms with Crippen LogP contribution in [0.2, 0.25) is 0 Å². The number of aryl methyl sites for hydroxylation is 2. The Morgan fingerprint density at radius 3 is 1.36 bits per heavy atom. The SMILES string of the molecule is Cc1cccc2c1[Se]c1c(C)cccc1[Si]2(c1ccccc1)c1ccccc1. The summed E-state index contributed by atoms with van der Waals surface area (Å²) in [5.41, 5.74) is 2.88. The van der Waals surface area contributed by atoms with E-state index < -0.39 is 8.07 Å². The molecule has 1 aliphatic rings. The molecule has 0 N–H and O–H groups in total. The molecule has 0 aromatic heterocycles. The summed E-state index contributed by atoms with van der Waals surface area (Å²) in [7, 11) is -2.32. The van der Waals surface area contributed by atoms with Crippen LogP contribution in [0, 0.1) is 13.8 Å². The summed E-state index contributed by atoms with van der Waals surface area (Å²) in [4.78, 5) is 0. The minimum absolute atomic E-state index is 0.349. The van der Waals surface area contributed by atoms with Crippen LogP contribution in [-0.4, -0.2) is 23.0 Å². The van der Waals surface area contributed by atoms with Gasteiger partial charge in [-0.25, -0.2) is 0 Å². The molecule has 0 fully saturated rings. The average Bonchev–Trinajstić information content (AvgIpc) is 2.75. The molecule has 0 atom stereocenters. The third-order valence-corrected chi connectivity index (χ3v) is 14.6. The van der Waals surface area contributed by atoms with Crippen LogP contribution < -0.4 is 29.7 Å². The van der Waals surface area contributed by atoms with Crippen LogP contribution in [0.5, 0.6) is 0 Å². The van der Waals surface area contributed by atoms with E-state index in [9.17, 15) is 0 Å². The van der Waals surface area contributed by atoms with E-state index in [1.807, 2.05) is 0 Å². The van der Waals surface area contributed by atoms with Gasteiger partial charge in [0, 0.05) is 0 Å². The molecular formula is C26H22SeSi. The van der Waals surface area contributed by atoms with Crippen molar-refractivity contribution >= 4 is 52.7 Å². The van der Waals surface area contributed by atoms with Crippen LogP contribution in [0.3, 0.4) is 0 Å². The summed E-state index contributed by atoms with van der Waals surface area (Å²) in [6.45, 7) is 4.58. The number of benzene rings is 4. The summed E-state index contributed by atoms with van der Waals surface area (Å²) >= 11 is 0.349. The van der Waals surface area contributed by atoms with Gasteiger partial charge in [-0.2, -0.15) is 0 Å². The maximum absolute atomic E-state index is 2.42. The number of fused-ring (bicyclic) bond motifs is 2. The predicted molar refractivity (Wildman–Crippen MR) is 125 cm³/mol. The first-order valence-electron chi connectivity index (χ1n) is 9.72. The Hall–Kier alpha value is -2.38. The first-order chi connectivity index (χ1) is 13.7. The summed E-state index contributed by atoms with van der Waals surface area (Å²) in [5.74, 6) is 0. The normalized spacial score (nSPS) is 14.2. The molecule has 5 rings (SSSR count). The van der Waals surface area contributed by atoms with Gasteiger partial charge in [0.2, 0.25) is 0 Å². The minimum atomic E-state index is -2.32.